The topological polar surface area (TPSA) is 67.4 Å². The molecule has 0 aliphatic carbocycles. The summed E-state index contributed by atoms with van der Waals surface area (Å²) < 4.78 is 5.30. The van der Waals surface area contributed by atoms with Gasteiger partial charge in [0.25, 0.3) is 5.91 Å². The van der Waals surface area contributed by atoms with E-state index in [4.69, 9.17) is 16.3 Å². The van der Waals surface area contributed by atoms with E-state index in [0.717, 1.165) is 11.1 Å². The molecule has 0 spiro atoms. The molecule has 2 amide bonds. The number of rotatable bonds is 6. The second-order valence-electron chi connectivity index (χ2n) is 5.44. The van der Waals surface area contributed by atoms with Crippen molar-refractivity contribution in [2.75, 3.05) is 18.5 Å². The van der Waals surface area contributed by atoms with Gasteiger partial charge in [-0.3, -0.25) is 9.59 Å². The molecule has 0 radical (unpaired) electrons. The third-order valence-electron chi connectivity index (χ3n) is 3.14. The molecule has 0 bridgehead atoms. The van der Waals surface area contributed by atoms with Crippen LogP contribution in [-0.2, 0) is 9.59 Å². The molecular weight excluding hydrogens is 328 g/mol. The van der Waals surface area contributed by atoms with Crippen molar-refractivity contribution >= 4 is 29.1 Å². The van der Waals surface area contributed by atoms with Crippen LogP contribution in [0.5, 0.6) is 5.75 Å². The van der Waals surface area contributed by atoms with E-state index in [-0.39, 0.29) is 25.0 Å². The molecule has 0 aliphatic rings. The van der Waals surface area contributed by atoms with E-state index >= 15 is 0 Å². The van der Waals surface area contributed by atoms with E-state index in [1.165, 1.54) is 0 Å². The Hall–Kier alpha value is -2.53. The monoisotopic (exact) mass is 346 g/mol. The molecule has 0 aromatic heterocycles. The van der Waals surface area contributed by atoms with Crippen LogP contribution in [-0.4, -0.2) is 25.0 Å². The highest BCUT2D eigenvalue weighted by atomic mass is 35.5. The molecule has 0 aliphatic heterocycles. The van der Waals surface area contributed by atoms with Crippen molar-refractivity contribution in [2.45, 2.75) is 13.8 Å². The van der Waals surface area contributed by atoms with Crippen molar-refractivity contribution in [3.05, 3.63) is 58.6 Å². The van der Waals surface area contributed by atoms with E-state index in [9.17, 15) is 9.59 Å². The number of amides is 2. The zero-order valence-corrected chi connectivity index (χ0v) is 14.3. The molecule has 0 atom stereocenters. The molecule has 0 saturated carbocycles. The molecule has 2 rings (SSSR count). The summed E-state index contributed by atoms with van der Waals surface area (Å²) in [7, 11) is 0. The molecule has 0 saturated heterocycles. The first-order chi connectivity index (χ1) is 11.4. The van der Waals surface area contributed by atoms with Crippen LogP contribution in [0.1, 0.15) is 11.1 Å². The Kier molecular flexibility index (Phi) is 6.21. The van der Waals surface area contributed by atoms with E-state index in [1.807, 2.05) is 32.0 Å². The fourth-order valence-corrected chi connectivity index (χ4v) is 2.29. The average Bonchev–Trinajstić information content (AvgIpc) is 2.51. The smallest absolute Gasteiger partial charge is 0.258 e. The summed E-state index contributed by atoms with van der Waals surface area (Å²) in [5.41, 5.74) is 2.83. The Labute approximate surface area is 146 Å². The lowest BCUT2D eigenvalue weighted by Crippen LogP contribution is -2.35. The minimum atomic E-state index is -0.375. The van der Waals surface area contributed by atoms with Crippen molar-refractivity contribution in [1.82, 2.24) is 5.32 Å². The van der Waals surface area contributed by atoms with E-state index in [2.05, 4.69) is 10.6 Å². The number of halogens is 1. The molecule has 2 N–H and O–H groups in total. The molecule has 2 aromatic rings. The summed E-state index contributed by atoms with van der Waals surface area (Å²) in [6.45, 7) is 3.63. The van der Waals surface area contributed by atoms with Crippen molar-refractivity contribution in [2.24, 2.45) is 0 Å². The molecule has 0 fully saturated rings. The molecule has 2 aromatic carbocycles. The van der Waals surface area contributed by atoms with Gasteiger partial charge in [-0.2, -0.15) is 0 Å². The Morgan fingerprint density at radius 1 is 1.00 bits per heavy atom. The maximum absolute atomic E-state index is 11.9. The summed E-state index contributed by atoms with van der Waals surface area (Å²) in [5, 5.41) is 5.85. The number of ether oxygens (including phenoxy) is 1. The maximum atomic E-state index is 11.9. The maximum Gasteiger partial charge on any atom is 0.258 e. The summed E-state index contributed by atoms with van der Waals surface area (Å²) in [6, 6.07) is 12.4. The number of hydrogen-bond acceptors (Lipinski definition) is 3. The van der Waals surface area contributed by atoms with Gasteiger partial charge in [-0.15, -0.1) is 0 Å². The lowest BCUT2D eigenvalue weighted by atomic mass is 10.1. The fourth-order valence-electron chi connectivity index (χ4n) is 2.16. The van der Waals surface area contributed by atoms with Crippen molar-refractivity contribution in [3.8, 4) is 5.75 Å². The standard InChI is InChI=1S/C18H19ClN2O3/c1-12-7-13(2)9-15(8-12)21-17(22)10-20-18(23)11-24-16-5-3-14(19)4-6-16/h3-9H,10-11H2,1-2H3,(H,20,23)(H,21,22). The zero-order valence-electron chi connectivity index (χ0n) is 13.6. The van der Waals surface area contributed by atoms with Gasteiger partial charge in [-0.1, -0.05) is 17.7 Å². The van der Waals surface area contributed by atoms with Crippen LogP contribution in [0.3, 0.4) is 0 Å². The SMILES string of the molecule is Cc1cc(C)cc(NC(=O)CNC(=O)COc2ccc(Cl)cc2)c1. The van der Waals surface area contributed by atoms with Crippen LogP contribution in [0.2, 0.25) is 5.02 Å². The van der Waals surface area contributed by atoms with Gasteiger partial charge < -0.3 is 15.4 Å². The highest BCUT2D eigenvalue weighted by Gasteiger charge is 2.07. The van der Waals surface area contributed by atoms with Crippen molar-refractivity contribution < 1.29 is 14.3 Å². The van der Waals surface area contributed by atoms with Gasteiger partial charge in [0.15, 0.2) is 6.61 Å². The number of carbonyl (C=O) groups is 2. The van der Waals surface area contributed by atoms with E-state index in [0.29, 0.717) is 16.5 Å². The first-order valence-electron chi connectivity index (χ1n) is 7.45. The lowest BCUT2D eigenvalue weighted by molar-refractivity contribution is -0.125. The lowest BCUT2D eigenvalue weighted by Gasteiger charge is -2.09. The number of benzene rings is 2. The summed E-state index contributed by atoms with van der Waals surface area (Å²) in [4.78, 5) is 23.6. The van der Waals surface area contributed by atoms with Gasteiger partial charge >= 0.3 is 0 Å². The molecule has 6 heteroatoms. The van der Waals surface area contributed by atoms with Crippen LogP contribution in [0.25, 0.3) is 0 Å². The van der Waals surface area contributed by atoms with Crippen LogP contribution in [0, 0.1) is 13.8 Å². The molecule has 5 nitrogen and oxygen atoms in total. The second-order valence-corrected chi connectivity index (χ2v) is 5.88. The first-order valence-corrected chi connectivity index (χ1v) is 7.83. The number of nitrogens with one attached hydrogen (secondary N) is 2. The molecule has 126 valence electrons. The third kappa shape index (κ3) is 5.93. The number of anilines is 1. The normalized spacial score (nSPS) is 10.1. The van der Waals surface area contributed by atoms with Crippen LogP contribution < -0.4 is 15.4 Å². The molecule has 0 unspecified atom stereocenters. The summed E-state index contributed by atoms with van der Waals surface area (Å²) in [6.07, 6.45) is 0. The van der Waals surface area contributed by atoms with Gasteiger partial charge in [0.2, 0.25) is 5.91 Å². The van der Waals surface area contributed by atoms with Gasteiger partial charge in [-0.25, -0.2) is 0 Å². The molecular formula is C18H19ClN2O3. The predicted octanol–water partition coefficient (Wildman–Crippen LogP) is 3.09. The second kappa shape index (κ2) is 8.36. The summed E-state index contributed by atoms with van der Waals surface area (Å²) in [5.74, 6) is -0.130. The Bertz CT molecular complexity index is 709. The van der Waals surface area contributed by atoms with Crippen LogP contribution in [0.15, 0.2) is 42.5 Å². The number of carbonyl (C=O) groups excluding carboxylic acids is 2. The fraction of sp³-hybridized carbons (Fsp3) is 0.222. The minimum absolute atomic E-state index is 0.115. The van der Waals surface area contributed by atoms with E-state index < -0.39 is 0 Å². The van der Waals surface area contributed by atoms with Gasteiger partial charge in [0.05, 0.1) is 6.54 Å². The van der Waals surface area contributed by atoms with Crippen LogP contribution in [0.4, 0.5) is 5.69 Å². The van der Waals surface area contributed by atoms with Gasteiger partial charge in [0.1, 0.15) is 5.75 Å². The third-order valence-corrected chi connectivity index (χ3v) is 3.39. The highest BCUT2D eigenvalue weighted by molar-refractivity contribution is 6.30. The number of aryl methyl sites for hydroxylation is 2. The summed E-state index contributed by atoms with van der Waals surface area (Å²) >= 11 is 5.77. The predicted molar refractivity (Wildman–Crippen MR) is 94.5 cm³/mol. The first kappa shape index (κ1) is 17.8. The van der Waals surface area contributed by atoms with Gasteiger partial charge in [0, 0.05) is 10.7 Å². The number of hydrogen-bond donors (Lipinski definition) is 2. The highest BCUT2D eigenvalue weighted by Crippen LogP contribution is 2.15. The Morgan fingerprint density at radius 2 is 1.62 bits per heavy atom. The average molecular weight is 347 g/mol. The van der Waals surface area contributed by atoms with Crippen LogP contribution >= 0.6 is 11.6 Å². The minimum Gasteiger partial charge on any atom is -0.484 e. The molecule has 24 heavy (non-hydrogen) atoms. The quantitative estimate of drug-likeness (QED) is 0.844. The van der Waals surface area contributed by atoms with E-state index in [1.54, 1.807) is 24.3 Å². The van der Waals surface area contributed by atoms with Crippen molar-refractivity contribution in [1.29, 1.82) is 0 Å². The largest absolute Gasteiger partial charge is 0.484 e. The van der Waals surface area contributed by atoms with Gasteiger partial charge in [-0.05, 0) is 61.4 Å². The molecule has 0 heterocycles. The van der Waals surface area contributed by atoms with Crippen molar-refractivity contribution in [3.63, 3.8) is 0 Å². The zero-order chi connectivity index (χ0) is 17.5. The Morgan fingerprint density at radius 3 is 2.25 bits per heavy atom. The Balaban J connectivity index is 1.74.